The van der Waals surface area contributed by atoms with Gasteiger partial charge < -0.3 is 13.9 Å². The Morgan fingerprint density at radius 2 is 1.55 bits per heavy atom. The second-order valence-electron chi connectivity index (χ2n) is 6.53. The molecule has 6 heteroatoms. The fourth-order valence-electron chi connectivity index (χ4n) is 2.85. The van der Waals surface area contributed by atoms with Crippen molar-refractivity contribution in [3.05, 3.63) is 93.9 Å². The van der Waals surface area contributed by atoms with Crippen LogP contribution in [0.2, 0.25) is 0 Å². The smallest absolute Gasteiger partial charge is 0.374 e. The minimum atomic E-state index is -0.658. The molecule has 29 heavy (non-hydrogen) atoms. The molecule has 1 heterocycles. The van der Waals surface area contributed by atoms with Gasteiger partial charge >= 0.3 is 11.9 Å². The van der Waals surface area contributed by atoms with Gasteiger partial charge in [0.1, 0.15) is 12.4 Å². The number of carbonyl (C=O) groups is 3. The highest BCUT2D eigenvalue weighted by Crippen LogP contribution is 2.19. The Morgan fingerprint density at radius 1 is 0.897 bits per heavy atom. The average molecular weight is 392 g/mol. The maximum atomic E-state index is 12.8. The summed E-state index contributed by atoms with van der Waals surface area (Å²) in [5.41, 5.74) is 2.52. The van der Waals surface area contributed by atoms with Crippen molar-refractivity contribution >= 4 is 17.7 Å². The van der Waals surface area contributed by atoms with Crippen LogP contribution in [0, 0.1) is 13.8 Å². The number of ketones is 1. The van der Waals surface area contributed by atoms with Crippen molar-refractivity contribution in [3.63, 3.8) is 0 Å². The number of aryl methyl sites for hydroxylation is 2. The van der Waals surface area contributed by atoms with E-state index in [1.807, 2.05) is 19.1 Å². The Bertz CT molecular complexity index is 1060. The van der Waals surface area contributed by atoms with Gasteiger partial charge in [0.15, 0.2) is 5.78 Å². The molecule has 0 aliphatic rings. The second kappa shape index (κ2) is 8.56. The first-order valence-corrected chi connectivity index (χ1v) is 8.96. The number of ether oxygens (including phenoxy) is 2. The molecule has 0 atom stereocenters. The lowest BCUT2D eigenvalue weighted by atomic mass is 9.98. The average Bonchev–Trinajstić information content (AvgIpc) is 3.12. The number of methoxy groups -OCH3 is 1. The number of hydrogen-bond acceptors (Lipinski definition) is 6. The van der Waals surface area contributed by atoms with Crippen molar-refractivity contribution in [1.29, 1.82) is 0 Å². The molecule has 0 amide bonds. The van der Waals surface area contributed by atoms with Gasteiger partial charge in [0.2, 0.25) is 5.76 Å². The zero-order chi connectivity index (χ0) is 21.0. The number of rotatable bonds is 6. The van der Waals surface area contributed by atoms with Crippen molar-refractivity contribution in [2.45, 2.75) is 20.5 Å². The molecule has 0 spiro atoms. The third-order valence-electron chi connectivity index (χ3n) is 4.39. The first-order valence-electron chi connectivity index (χ1n) is 8.96. The van der Waals surface area contributed by atoms with Gasteiger partial charge in [0.05, 0.1) is 12.7 Å². The molecule has 1 aromatic heterocycles. The summed E-state index contributed by atoms with van der Waals surface area (Å²) in [6, 6.07) is 15.2. The minimum Gasteiger partial charge on any atom is -0.463 e. The molecule has 0 saturated carbocycles. The fourth-order valence-corrected chi connectivity index (χ4v) is 2.85. The van der Waals surface area contributed by atoms with E-state index in [1.54, 1.807) is 43.3 Å². The van der Waals surface area contributed by atoms with E-state index in [1.165, 1.54) is 13.2 Å². The number of furan rings is 1. The molecule has 6 nitrogen and oxygen atoms in total. The van der Waals surface area contributed by atoms with Crippen LogP contribution in [0.1, 0.15) is 53.7 Å². The normalized spacial score (nSPS) is 10.4. The highest BCUT2D eigenvalue weighted by Gasteiger charge is 2.21. The Labute approximate surface area is 168 Å². The van der Waals surface area contributed by atoms with Gasteiger partial charge in [-0.1, -0.05) is 48.0 Å². The number of hydrogen-bond donors (Lipinski definition) is 0. The van der Waals surface area contributed by atoms with E-state index < -0.39 is 11.9 Å². The maximum Gasteiger partial charge on any atom is 0.374 e. The minimum absolute atomic E-state index is 0.0634. The summed E-state index contributed by atoms with van der Waals surface area (Å²) in [7, 11) is 1.26. The number of carbonyl (C=O) groups excluding carboxylic acids is 3. The summed E-state index contributed by atoms with van der Waals surface area (Å²) in [5.74, 6) is -1.16. The lowest BCUT2D eigenvalue weighted by Crippen LogP contribution is -2.12. The van der Waals surface area contributed by atoms with Crippen molar-refractivity contribution < 1.29 is 28.3 Å². The van der Waals surface area contributed by atoms with Crippen molar-refractivity contribution in [2.24, 2.45) is 0 Å². The van der Waals surface area contributed by atoms with Crippen LogP contribution >= 0.6 is 0 Å². The number of esters is 2. The molecule has 0 fully saturated rings. The summed E-state index contributed by atoms with van der Waals surface area (Å²) >= 11 is 0. The van der Waals surface area contributed by atoms with Gasteiger partial charge in [-0.3, -0.25) is 4.79 Å². The van der Waals surface area contributed by atoms with Crippen molar-refractivity contribution in [1.82, 2.24) is 0 Å². The summed E-state index contributed by atoms with van der Waals surface area (Å²) < 4.78 is 15.3. The molecule has 3 rings (SSSR count). The molecule has 0 radical (unpaired) electrons. The topological polar surface area (TPSA) is 82.8 Å². The van der Waals surface area contributed by atoms with Gasteiger partial charge in [0, 0.05) is 16.7 Å². The molecule has 148 valence electrons. The van der Waals surface area contributed by atoms with Crippen molar-refractivity contribution in [2.75, 3.05) is 7.11 Å². The molecule has 0 saturated heterocycles. The van der Waals surface area contributed by atoms with Gasteiger partial charge in [-0.2, -0.15) is 0 Å². The summed E-state index contributed by atoms with van der Waals surface area (Å²) in [6.45, 7) is 3.45. The Hall–Kier alpha value is -3.67. The van der Waals surface area contributed by atoms with E-state index in [0.717, 1.165) is 5.56 Å². The summed E-state index contributed by atoms with van der Waals surface area (Å²) in [4.78, 5) is 37.1. The molecule has 0 aliphatic carbocycles. The molecule has 0 bridgehead atoms. The first-order chi connectivity index (χ1) is 13.9. The van der Waals surface area contributed by atoms with E-state index >= 15 is 0 Å². The second-order valence-corrected chi connectivity index (χ2v) is 6.53. The van der Waals surface area contributed by atoms with E-state index in [0.29, 0.717) is 16.9 Å². The van der Waals surface area contributed by atoms with Crippen LogP contribution in [0.3, 0.4) is 0 Å². The zero-order valence-corrected chi connectivity index (χ0v) is 16.4. The Kier molecular flexibility index (Phi) is 5.93. The zero-order valence-electron chi connectivity index (χ0n) is 16.4. The lowest BCUT2D eigenvalue weighted by Gasteiger charge is -2.09. The van der Waals surface area contributed by atoms with Crippen LogP contribution < -0.4 is 0 Å². The van der Waals surface area contributed by atoms with Crippen LogP contribution in [0.15, 0.2) is 59.0 Å². The van der Waals surface area contributed by atoms with Gasteiger partial charge in [-0.25, -0.2) is 9.59 Å². The predicted molar refractivity (Wildman–Crippen MR) is 105 cm³/mol. The highest BCUT2D eigenvalue weighted by molar-refractivity contribution is 6.14. The lowest BCUT2D eigenvalue weighted by molar-refractivity contribution is 0.0436. The molecular weight excluding hydrogens is 372 g/mol. The van der Waals surface area contributed by atoms with Crippen LogP contribution in [0.5, 0.6) is 0 Å². The molecular formula is C23H20O6. The van der Waals surface area contributed by atoms with Crippen LogP contribution in [-0.2, 0) is 16.1 Å². The number of benzene rings is 2. The SMILES string of the molecule is COC(=O)c1oc(COC(=O)c2ccccc2C(=O)c2ccc(C)cc2)cc1C. The Balaban J connectivity index is 1.78. The third kappa shape index (κ3) is 4.43. The highest BCUT2D eigenvalue weighted by atomic mass is 16.6. The predicted octanol–water partition coefficient (Wildman–Crippen LogP) is 4.27. The molecule has 0 aliphatic heterocycles. The third-order valence-corrected chi connectivity index (χ3v) is 4.39. The van der Waals surface area contributed by atoms with E-state index in [9.17, 15) is 14.4 Å². The summed E-state index contributed by atoms with van der Waals surface area (Å²) in [5, 5.41) is 0. The summed E-state index contributed by atoms with van der Waals surface area (Å²) in [6.07, 6.45) is 0. The Morgan fingerprint density at radius 3 is 2.21 bits per heavy atom. The standard InChI is InChI=1S/C23H20O6/c1-14-8-10-16(11-9-14)20(24)18-6-4-5-7-19(18)22(25)28-13-17-12-15(2)21(29-17)23(26)27-3/h4-12H,13H2,1-3H3. The van der Waals surface area contributed by atoms with Crippen LogP contribution in [0.25, 0.3) is 0 Å². The quantitative estimate of drug-likeness (QED) is 0.460. The monoisotopic (exact) mass is 392 g/mol. The maximum absolute atomic E-state index is 12.8. The van der Waals surface area contributed by atoms with E-state index in [2.05, 4.69) is 4.74 Å². The molecule has 0 unspecified atom stereocenters. The molecule has 0 N–H and O–H groups in total. The molecule has 3 aromatic rings. The fraction of sp³-hybridized carbons (Fsp3) is 0.174. The van der Waals surface area contributed by atoms with E-state index in [4.69, 9.17) is 9.15 Å². The largest absolute Gasteiger partial charge is 0.463 e. The first kappa shape index (κ1) is 20.1. The molecule has 2 aromatic carbocycles. The van der Waals surface area contributed by atoms with Crippen LogP contribution in [-0.4, -0.2) is 24.8 Å². The van der Waals surface area contributed by atoms with E-state index in [-0.39, 0.29) is 29.3 Å². The van der Waals surface area contributed by atoms with Crippen LogP contribution in [0.4, 0.5) is 0 Å². The van der Waals surface area contributed by atoms with Gasteiger partial charge in [-0.15, -0.1) is 0 Å². The van der Waals surface area contributed by atoms with Crippen molar-refractivity contribution in [3.8, 4) is 0 Å². The van der Waals surface area contributed by atoms with Gasteiger partial charge in [-0.05, 0) is 26.0 Å². The van der Waals surface area contributed by atoms with Gasteiger partial charge in [0.25, 0.3) is 0 Å².